The van der Waals surface area contributed by atoms with Crippen LogP contribution in [0.1, 0.15) is 33.6 Å². The van der Waals surface area contributed by atoms with E-state index in [1.54, 1.807) is 7.11 Å². The molecule has 0 radical (unpaired) electrons. The predicted molar refractivity (Wildman–Crippen MR) is 98.2 cm³/mol. The average Bonchev–Trinajstić information content (AvgIpc) is 2.86. The van der Waals surface area contributed by atoms with Crippen molar-refractivity contribution >= 4 is 23.0 Å². The number of ether oxygens (including phenoxy) is 1. The predicted octanol–water partition coefficient (Wildman–Crippen LogP) is 3.83. The highest BCUT2D eigenvalue weighted by atomic mass is 32.1. The van der Waals surface area contributed by atoms with E-state index in [-0.39, 0.29) is 5.41 Å². The lowest BCUT2D eigenvalue weighted by Gasteiger charge is -2.37. The maximum atomic E-state index is 5.38. The third-order valence-electron chi connectivity index (χ3n) is 5.91. The number of fused-ring (bicyclic) bond motifs is 2. The lowest BCUT2D eigenvalue weighted by Crippen LogP contribution is -2.44. The zero-order chi connectivity index (χ0) is 16.7. The van der Waals surface area contributed by atoms with Gasteiger partial charge in [-0.05, 0) is 48.5 Å². The summed E-state index contributed by atoms with van der Waals surface area (Å²) in [4.78, 5) is 0. The molecule has 0 unspecified atom stereocenters. The van der Waals surface area contributed by atoms with E-state index in [1.165, 1.54) is 18.5 Å². The van der Waals surface area contributed by atoms with E-state index in [4.69, 9.17) is 17.0 Å². The second-order valence-electron chi connectivity index (χ2n) is 7.22. The summed E-state index contributed by atoms with van der Waals surface area (Å²) >= 11 is 5.38. The summed E-state index contributed by atoms with van der Waals surface area (Å²) in [6, 6.07) is 7.70. The molecule has 3 rings (SSSR count). The number of hydrogen-bond acceptors (Lipinski definition) is 3. The monoisotopic (exact) mass is 331 g/mol. The summed E-state index contributed by atoms with van der Waals surface area (Å²) in [5.74, 6) is 1.45. The fraction of sp³-hybridized carbons (Fsp3) is 0.500. The Balaban J connectivity index is 1.59. The Bertz CT molecular complexity index is 655. The average molecular weight is 331 g/mol. The van der Waals surface area contributed by atoms with E-state index in [0.717, 1.165) is 11.4 Å². The van der Waals surface area contributed by atoms with Crippen molar-refractivity contribution in [1.82, 2.24) is 10.9 Å². The molecule has 1 aromatic carbocycles. The van der Waals surface area contributed by atoms with Crippen LogP contribution in [-0.4, -0.2) is 12.2 Å². The molecule has 0 amide bonds. The lowest BCUT2D eigenvalue weighted by molar-refractivity contribution is 0.163. The molecule has 2 aliphatic rings. The van der Waals surface area contributed by atoms with Crippen LogP contribution in [0, 0.1) is 16.7 Å². The highest BCUT2D eigenvalue weighted by molar-refractivity contribution is 7.80. The number of rotatable bonds is 4. The maximum Gasteiger partial charge on any atom is 0.189 e. The Hall–Kier alpha value is -1.75. The van der Waals surface area contributed by atoms with Crippen LogP contribution < -0.4 is 20.9 Å². The number of nitrogens with one attached hydrogen (secondary N) is 3. The Morgan fingerprint density at radius 2 is 2.09 bits per heavy atom. The number of methoxy groups -OCH3 is 1. The number of hydrazine groups is 1. The van der Waals surface area contributed by atoms with Gasteiger partial charge in [-0.1, -0.05) is 32.9 Å². The number of thiocarbonyl (C=S) groups is 1. The SMILES string of the molecule is COc1cccc(NC(=S)NNC2=C[C@@H]3CC[C@@]2(C)C3(C)C)c1. The van der Waals surface area contributed by atoms with Gasteiger partial charge in [0.05, 0.1) is 7.11 Å². The highest BCUT2D eigenvalue weighted by Crippen LogP contribution is 2.64. The fourth-order valence-electron chi connectivity index (χ4n) is 3.86. The molecule has 23 heavy (non-hydrogen) atoms. The van der Waals surface area contributed by atoms with Gasteiger partial charge in [0, 0.05) is 22.9 Å². The Kier molecular flexibility index (Phi) is 4.00. The first kappa shape index (κ1) is 16.1. The van der Waals surface area contributed by atoms with E-state index in [9.17, 15) is 0 Å². The third kappa shape index (κ3) is 2.67. The van der Waals surface area contributed by atoms with Gasteiger partial charge in [0.25, 0.3) is 0 Å². The van der Waals surface area contributed by atoms with Gasteiger partial charge < -0.3 is 15.5 Å². The molecule has 0 aromatic heterocycles. The van der Waals surface area contributed by atoms with Crippen molar-refractivity contribution < 1.29 is 4.74 Å². The van der Waals surface area contributed by atoms with E-state index in [0.29, 0.717) is 16.4 Å². The second-order valence-corrected chi connectivity index (χ2v) is 7.62. The van der Waals surface area contributed by atoms with Crippen LogP contribution in [0.4, 0.5) is 5.69 Å². The van der Waals surface area contributed by atoms with Crippen molar-refractivity contribution in [3.8, 4) is 5.75 Å². The number of benzene rings is 1. The van der Waals surface area contributed by atoms with Crippen LogP contribution in [0.5, 0.6) is 5.75 Å². The van der Waals surface area contributed by atoms with Crippen molar-refractivity contribution in [1.29, 1.82) is 0 Å². The zero-order valence-electron chi connectivity index (χ0n) is 14.2. The first-order valence-corrected chi connectivity index (χ1v) is 8.47. The normalized spacial score (nSPS) is 27.3. The number of allylic oxidation sites excluding steroid dienone is 2. The summed E-state index contributed by atoms with van der Waals surface area (Å²) in [6.45, 7) is 7.07. The molecule has 4 nitrogen and oxygen atoms in total. The summed E-state index contributed by atoms with van der Waals surface area (Å²) in [6.07, 6.45) is 4.87. The molecule has 124 valence electrons. The van der Waals surface area contributed by atoms with Gasteiger partial charge in [-0.3, -0.25) is 5.43 Å². The molecule has 0 saturated heterocycles. The van der Waals surface area contributed by atoms with E-state index in [1.807, 2.05) is 24.3 Å². The van der Waals surface area contributed by atoms with Gasteiger partial charge in [-0.2, -0.15) is 0 Å². The number of anilines is 1. The molecule has 5 heteroatoms. The molecule has 0 heterocycles. The summed E-state index contributed by atoms with van der Waals surface area (Å²) < 4.78 is 5.22. The van der Waals surface area contributed by atoms with Gasteiger partial charge in [0.2, 0.25) is 0 Å². The molecule has 0 spiro atoms. The van der Waals surface area contributed by atoms with Crippen LogP contribution in [0.15, 0.2) is 36.0 Å². The summed E-state index contributed by atoms with van der Waals surface area (Å²) in [5.41, 5.74) is 9.11. The van der Waals surface area contributed by atoms with Crippen LogP contribution in [-0.2, 0) is 0 Å². The zero-order valence-corrected chi connectivity index (χ0v) is 15.0. The minimum atomic E-state index is 0.191. The third-order valence-corrected chi connectivity index (χ3v) is 6.11. The van der Waals surface area contributed by atoms with Crippen LogP contribution in [0.25, 0.3) is 0 Å². The largest absolute Gasteiger partial charge is 0.497 e. The molecule has 1 saturated carbocycles. The minimum absolute atomic E-state index is 0.191. The summed E-state index contributed by atoms with van der Waals surface area (Å²) in [7, 11) is 1.65. The first-order chi connectivity index (χ1) is 10.9. The highest BCUT2D eigenvalue weighted by Gasteiger charge is 2.57. The minimum Gasteiger partial charge on any atom is -0.497 e. The molecule has 2 atom stereocenters. The van der Waals surface area contributed by atoms with E-state index >= 15 is 0 Å². The van der Waals surface area contributed by atoms with Crippen LogP contribution >= 0.6 is 12.2 Å². The van der Waals surface area contributed by atoms with E-state index in [2.05, 4.69) is 43.0 Å². The summed E-state index contributed by atoms with van der Waals surface area (Å²) in [5, 5.41) is 3.71. The molecular weight excluding hydrogens is 306 g/mol. The van der Waals surface area contributed by atoms with Gasteiger partial charge in [0.1, 0.15) is 5.75 Å². The quantitative estimate of drug-likeness (QED) is 0.578. The van der Waals surface area contributed by atoms with Gasteiger partial charge in [-0.25, -0.2) is 0 Å². The van der Waals surface area contributed by atoms with Crippen LogP contribution in [0.3, 0.4) is 0 Å². The molecule has 1 fully saturated rings. The molecule has 1 aromatic rings. The first-order valence-electron chi connectivity index (χ1n) is 8.06. The van der Waals surface area contributed by atoms with Gasteiger partial charge in [-0.15, -0.1) is 0 Å². The Morgan fingerprint density at radius 1 is 1.30 bits per heavy atom. The van der Waals surface area contributed by atoms with Gasteiger partial charge in [0.15, 0.2) is 5.11 Å². The Labute approximate surface area is 143 Å². The lowest BCUT2D eigenvalue weighted by atomic mass is 9.69. The number of hydrogen-bond donors (Lipinski definition) is 3. The van der Waals surface area contributed by atoms with Crippen molar-refractivity contribution in [2.24, 2.45) is 16.7 Å². The van der Waals surface area contributed by atoms with Gasteiger partial charge >= 0.3 is 0 Å². The van der Waals surface area contributed by atoms with Crippen LogP contribution in [0.2, 0.25) is 0 Å². The smallest absolute Gasteiger partial charge is 0.189 e. The van der Waals surface area contributed by atoms with E-state index < -0.39 is 0 Å². The Morgan fingerprint density at radius 3 is 2.70 bits per heavy atom. The second kappa shape index (κ2) is 5.71. The standard InChI is InChI=1S/C18H25N3OS/c1-17(2)12-8-9-18(17,3)15(10-12)20-21-16(23)19-13-6-5-7-14(11-13)22-4/h5-7,10-12,20H,8-9H2,1-4H3,(H2,19,21,23)/t12-,18+/m0/s1. The molecule has 2 bridgehead atoms. The van der Waals surface area contributed by atoms with Crippen molar-refractivity contribution in [3.63, 3.8) is 0 Å². The maximum absolute atomic E-state index is 5.38. The molecular formula is C18H25N3OS. The molecule has 0 aliphatic heterocycles. The fourth-order valence-corrected chi connectivity index (χ4v) is 4.03. The van der Waals surface area contributed by atoms with Crippen molar-refractivity contribution in [2.45, 2.75) is 33.6 Å². The van der Waals surface area contributed by atoms with Crippen molar-refractivity contribution in [2.75, 3.05) is 12.4 Å². The molecule has 2 aliphatic carbocycles. The molecule has 3 N–H and O–H groups in total. The van der Waals surface area contributed by atoms with Crippen molar-refractivity contribution in [3.05, 3.63) is 36.0 Å². The topological polar surface area (TPSA) is 45.3 Å².